The number of ether oxygens (including phenoxy) is 2. The highest BCUT2D eigenvalue weighted by Gasteiger charge is 2.53. The van der Waals surface area contributed by atoms with Crippen molar-refractivity contribution < 1.29 is 29.0 Å². The zero-order valence-corrected chi connectivity index (χ0v) is 20.4. The second-order valence-corrected chi connectivity index (χ2v) is 10.1. The van der Waals surface area contributed by atoms with Gasteiger partial charge in [0.1, 0.15) is 17.2 Å². The number of allylic oxidation sites excluding steroid dienone is 1. The Morgan fingerprint density at radius 1 is 1.13 bits per heavy atom. The molecule has 1 aliphatic heterocycles. The van der Waals surface area contributed by atoms with Crippen molar-refractivity contribution in [3.63, 3.8) is 0 Å². The highest BCUT2D eigenvalue weighted by Crippen LogP contribution is 2.37. The van der Waals surface area contributed by atoms with Crippen molar-refractivity contribution in [2.24, 2.45) is 5.92 Å². The zero-order chi connectivity index (χ0) is 24.1. The molecule has 1 rings (SSSR count). The van der Waals surface area contributed by atoms with E-state index in [2.05, 4.69) is 5.32 Å². The molecule has 178 valence electrons. The number of carbonyl (C=O) groups is 3. The van der Waals surface area contributed by atoms with E-state index in [1.807, 2.05) is 19.1 Å². The largest absolute Gasteiger partial charge is 0.458 e. The normalized spacial score (nSPS) is 24.1. The van der Waals surface area contributed by atoms with Crippen LogP contribution in [0, 0.1) is 5.92 Å². The Labute approximate surface area is 186 Å². The minimum absolute atomic E-state index is 0.284. The maximum absolute atomic E-state index is 13.3. The molecule has 1 heterocycles. The van der Waals surface area contributed by atoms with E-state index in [4.69, 9.17) is 9.47 Å². The van der Waals surface area contributed by atoms with Crippen molar-refractivity contribution in [3.05, 3.63) is 12.2 Å². The first kappa shape index (κ1) is 26.9. The van der Waals surface area contributed by atoms with Crippen LogP contribution in [0.1, 0.15) is 75.2 Å². The van der Waals surface area contributed by atoms with Crippen molar-refractivity contribution in [1.29, 1.82) is 0 Å². The molecule has 1 saturated heterocycles. The van der Waals surface area contributed by atoms with Gasteiger partial charge in [-0.1, -0.05) is 19.1 Å². The van der Waals surface area contributed by atoms with Gasteiger partial charge >= 0.3 is 12.1 Å². The fraction of sp³-hybridized carbons (Fsp3) is 0.783. The van der Waals surface area contributed by atoms with Crippen LogP contribution >= 0.6 is 0 Å². The lowest BCUT2D eigenvalue weighted by atomic mass is 9.89. The molecule has 1 fully saturated rings. The van der Waals surface area contributed by atoms with Crippen molar-refractivity contribution in [3.8, 4) is 0 Å². The summed E-state index contributed by atoms with van der Waals surface area (Å²) < 4.78 is 11.2. The van der Waals surface area contributed by atoms with E-state index in [0.717, 1.165) is 0 Å². The number of likely N-dealkylation sites (tertiary alicyclic amines) is 1. The second-order valence-electron chi connectivity index (χ2n) is 10.1. The number of nitrogens with zero attached hydrogens (tertiary/aromatic N) is 1. The standard InChI is InChI=1S/C23H40N2O6/c1-10-12-15-13-16(20(28)30-22(4,5)6)25(21(29)31-23(7,8)9)19(15)18(17(27)11-2)24-14(3)26/h10,12,15-19,27H,11,13H2,1-9H3,(H,24,26)/b12-10-/t15-,16-,17+,18+,19-/m1/s1. The molecule has 0 spiro atoms. The molecule has 0 bridgehead atoms. The summed E-state index contributed by atoms with van der Waals surface area (Å²) in [4.78, 5) is 39.6. The Bertz CT molecular complexity index is 677. The Morgan fingerprint density at radius 2 is 1.68 bits per heavy atom. The molecule has 0 radical (unpaired) electrons. The number of esters is 1. The molecule has 8 nitrogen and oxygen atoms in total. The van der Waals surface area contributed by atoms with Gasteiger partial charge in [0.25, 0.3) is 0 Å². The van der Waals surface area contributed by atoms with Crippen LogP contribution in [0.25, 0.3) is 0 Å². The van der Waals surface area contributed by atoms with Gasteiger partial charge < -0.3 is 19.9 Å². The van der Waals surface area contributed by atoms with Crippen LogP contribution in [0.5, 0.6) is 0 Å². The molecule has 2 N–H and O–H groups in total. The Hall–Kier alpha value is -2.09. The molecular formula is C23H40N2O6. The predicted molar refractivity (Wildman–Crippen MR) is 118 cm³/mol. The fourth-order valence-electron chi connectivity index (χ4n) is 3.84. The number of aliphatic hydroxyl groups excluding tert-OH is 1. The van der Waals surface area contributed by atoms with Gasteiger partial charge in [-0.3, -0.25) is 9.69 Å². The van der Waals surface area contributed by atoms with E-state index >= 15 is 0 Å². The number of nitrogens with one attached hydrogen (secondary N) is 1. The lowest BCUT2D eigenvalue weighted by Gasteiger charge is -2.39. The maximum Gasteiger partial charge on any atom is 0.411 e. The molecule has 0 aromatic heterocycles. The minimum Gasteiger partial charge on any atom is -0.458 e. The number of hydrogen-bond acceptors (Lipinski definition) is 6. The van der Waals surface area contributed by atoms with Crippen LogP contribution in [-0.4, -0.2) is 63.4 Å². The van der Waals surface area contributed by atoms with E-state index in [1.165, 1.54) is 11.8 Å². The van der Waals surface area contributed by atoms with Gasteiger partial charge in [-0.05, 0) is 61.3 Å². The molecule has 31 heavy (non-hydrogen) atoms. The van der Waals surface area contributed by atoms with E-state index in [0.29, 0.717) is 12.8 Å². The summed E-state index contributed by atoms with van der Waals surface area (Å²) in [7, 11) is 0. The van der Waals surface area contributed by atoms with Gasteiger partial charge in [0.05, 0.1) is 18.2 Å². The number of rotatable bonds is 6. The zero-order valence-electron chi connectivity index (χ0n) is 20.4. The third kappa shape index (κ3) is 7.83. The highest BCUT2D eigenvalue weighted by molar-refractivity contribution is 5.83. The smallest absolute Gasteiger partial charge is 0.411 e. The molecule has 0 unspecified atom stereocenters. The first-order valence-corrected chi connectivity index (χ1v) is 10.9. The third-order valence-corrected chi connectivity index (χ3v) is 4.88. The number of hydrogen-bond donors (Lipinski definition) is 2. The quantitative estimate of drug-likeness (QED) is 0.485. The van der Waals surface area contributed by atoms with Crippen LogP contribution in [0.3, 0.4) is 0 Å². The second kappa shape index (κ2) is 10.5. The molecule has 5 atom stereocenters. The molecule has 0 aromatic rings. The minimum atomic E-state index is -0.913. The average Bonchev–Trinajstić information content (AvgIpc) is 2.95. The number of amides is 2. The number of carbonyl (C=O) groups excluding carboxylic acids is 3. The highest BCUT2D eigenvalue weighted by atomic mass is 16.6. The van der Waals surface area contributed by atoms with Gasteiger partial charge in [0, 0.05) is 12.8 Å². The van der Waals surface area contributed by atoms with Crippen LogP contribution < -0.4 is 5.32 Å². The van der Waals surface area contributed by atoms with Crippen molar-refractivity contribution in [1.82, 2.24) is 10.2 Å². The predicted octanol–water partition coefficient (Wildman–Crippen LogP) is 3.17. The van der Waals surface area contributed by atoms with E-state index in [1.54, 1.807) is 48.5 Å². The summed E-state index contributed by atoms with van der Waals surface area (Å²) in [6.07, 6.45) is 2.80. The first-order valence-electron chi connectivity index (χ1n) is 10.9. The van der Waals surface area contributed by atoms with Crippen molar-refractivity contribution in [2.75, 3.05) is 0 Å². The molecule has 0 aliphatic carbocycles. The lowest BCUT2D eigenvalue weighted by Crippen LogP contribution is -2.60. The van der Waals surface area contributed by atoms with Gasteiger partial charge in [0.15, 0.2) is 0 Å². The monoisotopic (exact) mass is 440 g/mol. The average molecular weight is 441 g/mol. The van der Waals surface area contributed by atoms with Crippen molar-refractivity contribution in [2.45, 2.75) is 111 Å². The van der Waals surface area contributed by atoms with Crippen LogP contribution in [0.4, 0.5) is 4.79 Å². The van der Waals surface area contributed by atoms with Gasteiger partial charge in [-0.25, -0.2) is 9.59 Å². The van der Waals surface area contributed by atoms with E-state index in [9.17, 15) is 19.5 Å². The molecular weight excluding hydrogens is 400 g/mol. The van der Waals surface area contributed by atoms with Gasteiger partial charge in [-0.2, -0.15) is 0 Å². The summed E-state index contributed by atoms with van der Waals surface area (Å²) in [6.45, 7) is 15.5. The first-order chi connectivity index (χ1) is 14.1. The summed E-state index contributed by atoms with van der Waals surface area (Å²) in [5, 5.41) is 13.5. The molecule has 0 saturated carbocycles. The van der Waals surface area contributed by atoms with Crippen LogP contribution in [0.15, 0.2) is 12.2 Å². The van der Waals surface area contributed by atoms with Crippen LogP contribution in [-0.2, 0) is 19.1 Å². The topological polar surface area (TPSA) is 105 Å². The molecule has 2 amide bonds. The van der Waals surface area contributed by atoms with Gasteiger partial charge in [-0.15, -0.1) is 0 Å². The maximum atomic E-state index is 13.3. The Kier molecular flexibility index (Phi) is 9.11. The van der Waals surface area contributed by atoms with Crippen molar-refractivity contribution >= 4 is 18.0 Å². The Balaban J connectivity index is 3.54. The fourth-order valence-corrected chi connectivity index (χ4v) is 3.84. The van der Waals surface area contributed by atoms with Gasteiger partial charge in [0.2, 0.25) is 5.91 Å². The molecule has 1 aliphatic rings. The SMILES string of the molecule is C/C=C\[C@@H]1C[C@H](C(=O)OC(C)(C)C)N(C(=O)OC(C)(C)C)[C@H]1[C@@H](NC(C)=O)[C@@H](O)CC. The summed E-state index contributed by atoms with van der Waals surface area (Å²) >= 11 is 0. The third-order valence-electron chi connectivity index (χ3n) is 4.88. The summed E-state index contributed by atoms with van der Waals surface area (Å²) in [5.74, 6) is -1.16. The Morgan fingerprint density at radius 3 is 2.10 bits per heavy atom. The summed E-state index contributed by atoms with van der Waals surface area (Å²) in [6, 6.07) is -2.35. The summed E-state index contributed by atoms with van der Waals surface area (Å²) in [5.41, 5.74) is -1.52. The van der Waals surface area contributed by atoms with E-state index in [-0.39, 0.29) is 11.8 Å². The lowest BCUT2D eigenvalue weighted by molar-refractivity contribution is -0.160. The van der Waals surface area contributed by atoms with E-state index < -0.39 is 47.5 Å². The molecule has 8 heteroatoms. The molecule has 0 aromatic carbocycles. The number of aliphatic hydroxyl groups is 1. The van der Waals surface area contributed by atoms with Crippen LogP contribution in [0.2, 0.25) is 0 Å².